The van der Waals surface area contributed by atoms with Gasteiger partial charge < -0.3 is 24.0 Å². The van der Waals surface area contributed by atoms with E-state index in [1.54, 1.807) is 0 Å². The molecule has 51 heavy (non-hydrogen) atoms. The van der Waals surface area contributed by atoms with E-state index >= 15 is 0 Å². The third-order valence-corrected chi connectivity index (χ3v) is 10.7. The van der Waals surface area contributed by atoms with Crippen LogP contribution in [0.2, 0.25) is 0 Å². The number of halogens is 2. The van der Waals surface area contributed by atoms with Crippen molar-refractivity contribution in [2.75, 3.05) is 50.9 Å². The van der Waals surface area contributed by atoms with Gasteiger partial charge in [0.25, 0.3) is 0 Å². The molecule has 3 aliphatic rings. The Hall–Kier alpha value is -4.10. The fourth-order valence-corrected chi connectivity index (χ4v) is 7.67. The molecule has 3 aromatic rings. The maximum Gasteiger partial charge on any atom is 0.234 e. The topological polar surface area (TPSA) is 110 Å². The first-order chi connectivity index (χ1) is 24.9. The Labute approximate surface area is 301 Å². The highest BCUT2D eigenvalue weighted by Gasteiger charge is 2.28. The van der Waals surface area contributed by atoms with Gasteiger partial charge in [0.05, 0.1) is 31.4 Å². The van der Waals surface area contributed by atoms with Gasteiger partial charge in [0, 0.05) is 62.8 Å². The van der Waals surface area contributed by atoms with Crippen LogP contribution >= 0.6 is 11.3 Å². The molecule has 10 nitrogen and oxygen atoms in total. The van der Waals surface area contributed by atoms with Gasteiger partial charge in [-0.3, -0.25) is 19.7 Å². The molecule has 3 amide bonds. The zero-order valence-electron chi connectivity index (χ0n) is 28.9. The molecule has 0 bridgehead atoms. The number of hydrogen-bond acceptors (Lipinski definition) is 9. The number of nitrogens with one attached hydrogen (secondary N) is 1. The van der Waals surface area contributed by atoms with Gasteiger partial charge in [-0.2, -0.15) is 4.39 Å². The van der Waals surface area contributed by atoms with E-state index in [-0.39, 0.29) is 42.1 Å². The van der Waals surface area contributed by atoms with Crippen molar-refractivity contribution in [2.24, 2.45) is 0 Å². The van der Waals surface area contributed by atoms with Crippen molar-refractivity contribution >= 4 is 34.2 Å². The van der Waals surface area contributed by atoms with Gasteiger partial charge in [0.2, 0.25) is 23.5 Å². The summed E-state index contributed by atoms with van der Waals surface area (Å²) in [5.74, 6) is -1.90. The second kappa shape index (κ2) is 17.9. The van der Waals surface area contributed by atoms with Gasteiger partial charge in [0.15, 0.2) is 16.7 Å². The fourth-order valence-electron chi connectivity index (χ4n) is 6.79. The van der Waals surface area contributed by atoms with Crippen molar-refractivity contribution in [1.29, 1.82) is 0 Å². The van der Waals surface area contributed by atoms with Crippen LogP contribution in [0.4, 0.5) is 13.9 Å². The molecule has 1 N–H and O–H groups in total. The largest absolute Gasteiger partial charge is 0.490 e. The number of imide groups is 1. The predicted octanol–water partition coefficient (Wildman–Crippen LogP) is 6.62. The Morgan fingerprint density at radius 3 is 2.39 bits per heavy atom. The zero-order valence-corrected chi connectivity index (χ0v) is 29.7. The van der Waals surface area contributed by atoms with Gasteiger partial charge in [-0.05, 0) is 49.1 Å². The van der Waals surface area contributed by atoms with E-state index in [1.165, 1.54) is 17.4 Å². The average molecular weight is 725 g/mol. The van der Waals surface area contributed by atoms with E-state index in [0.29, 0.717) is 63.2 Å². The van der Waals surface area contributed by atoms with E-state index in [1.807, 2.05) is 34.5 Å². The zero-order chi connectivity index (χ0) is 35.6. The van der Waals surface area contributed by atoms with Crippen LogP contribution in [0.1, 0.15) is 82.1 Å². The molecule has 0 radical (unpaired) electrons. The first-order valence-electron chi connectivity index (χ1n) is 18.1. The Morgan fingerprint density at radius 1 is 0.922 bits per heavy atom. The number of nitrogens with zero attached hydrogens (tertiary/aromatic N) is 3. The summed E-state index contributed by atoms with van der Waals surface area (Å²) < 4.78 is 46.3. The first-order valence-corrected chi connectivity index (χ1v) is 19.0. The van der Waals surface area contributed by atoms with Crippen LogP contribution < -0.4 is 19.7 Å². The maximum atomic E-state index is 14.8. The number of thiazole rings is 1. The molecule has 1 atom stereocenters. The standard InChI is InChI=1S/C38H46F2N4O6S/c39-31-14-12-30(32-25-51-38(41-32)44-20-23-48-24-21-44)36(35(31)40)49-22-6-4-2-1-3-5-7-34(46)43-18-16-28(17-19-43)50-27-10-8-26(9-11-27)29-13-15-33(45)42-37(29)47/h8-12,14,25,28-29H,1-7,13,15-24H2,(H,42,45,47). The van der Waals surface area contributed by atoms with Crippen LogP contribution in [0.25, 0.3) is 11.3 Å². The number of aromatic nitrogens is 1. The molecular weight excluding hydrogens is 679 g/mol. The molecule has 0 aliphatic carbocycles. The first kappa shape index (κ1) is 36.7. The minimum Gasteiger partial charge on any atom is -0.490 e. The lowest BCUT2D eigenvalue weighted by molar-refractivity contribution is -0.135. The van der Waals surface area contributed by atoms with E-state index in [2.05, 4.69) is 15.2 Å². The van der Waals surface area contributed by atoms with Crippen molar-refractivity contribution in [1.82, 2.24) is 15.2 Å². The van der Waals surface area contributed by atoms with Crippen molar-refractivity contribution in [3.05, 3.63) is 59.0 Å². The summed E-state index contributed by atoms with van der Waals surface area (Å²) in [6.07, 6.45) is 8.33. The van der Waals surface area contributed by atoms with Crippen molar-refractivity contribution in [3.63, 3.8) is 0 Å². The summed E-state index contributed by atoms with van der Waals surface area (Å²) in [5.41, 5.74) is 1.89. The maximum absolute atomic E-state index is 14.8. The number of rotatable bonds is 15. The smallest absolute Gasteiger partial charge is 0.234 e. The quantitative estimate of drug-likeness (QED) is 0.138. The molecular formula is C38H46F2N4O6S. The molecule has 6 rings (SSSR count). The van der Waals surface area contributed by atoms with Crippen LogP contribution in [-0.4, -0.2) is 79.7 Å². The Morgan fingerprint density at radius 2 is 1.65 bits per heavy atom. The molecule has 0 spiro atoms. The second-order valence-corrected chi connectivity index (χ2v) is 14.2. The molecule has 3 fully saturated rings. The molecule has 13 heteroatoms. The Kier molecular flexibility index (Phi) is 12.9. The monoisotopic (exact) mass is 724 g/mol. The highest BCUT2D eigenvalue weighted by Crippen LogP contribution is 2.37. The predicted molar refractivity (Wildman–Crippen MR) is 190 cm³/mol. The van der Waals surface area contributed by atoms with Gasteiger partial charge in [-0.15, -0.1) is 11.3 Å². The summed E-state index contributed by atoms with van der Waals surface area (Å²) in [6, 6.07) is 10.2. The van der Waals surface area contributed by atoms with Crippen LogP contribution in [-0.2, 0) is 19.1 Å². The lowest BCUT2D eigenvalue weighted by Gasteiger charge is -2.32. The summed E-state index contributed by atoms with van der Waals surface area (Å²) in [5, 5.41) is 5.08. The minimum atomic E-state index is -0.992. The number of carbonyl (C=O) groups excluding carboxylic acids is 3. The van der Waals surface area contributed by atoms with Crippen LogP contribution in [0.15, 0.2) is 41.8 Å². The summed E-state index contributed by atoms with van der Waals surface area (Å²) in [6.45, 7) is 4.38. The van der Waals surface area contributed by atoms with Crippen molar-refractivity contribution in [2.45, 2.75) is 82.7 Å². The number of benzene rings is 2. The van der Waals surface area contributed by atoms with Gasteiger partial charge >= 0.3 is 0 Å². The van der Waals surface area contributed by atoms with Crippen molar-refractivity contribution in [3.8, 4) is 22.8 Å². The highest BCUT2D eigenvalue weighted by atomic mass is 32.1. The number of likely N-dealkylation sites (tertiary alicyclic amines) is 1. The number of hydrogen-bond donors (Lipinski definition) is 1. The molecule has 1 unspecified atom stereocenters. The number of piperidine rings is 2. The minimum absolute atomic E-state index is 0.0315. The lowest BCUT2D eigenvalue weighted by Crippen LogP contribution is -2.41. The van der Waals surface area contributed by atoms with Gasteiger partial charge in [-0.1, -0.05) is 37.8 Å². The summed E-state index contributed by atoms with van der Waals surface area (Å²) in [4.78, 5) is 45.1. The third-order valence-electron chi connectivity index (χ3n) is 9.75. The van der Waals surface area contributed by atoms with Crippen LogP contribution in [0, 0.1) is 11.6 Å². The fraction of sp³-hybridized carbons (Fsp3) is 0.526. The van der Waals surface area contributed by atoms with E-state index < -0.39 is 11.6 Å². The SMILES string of the molecule is O=C1CCC(c2ccc(OC3CCN(C(=O)CCCCCCCCOc4c(-c5csc(N6CCOCC6)n5)ccc(F)c4F)CC3)cc2)C(=O)N1. The van der Waals surface area contributed by atoms with Gasteiger partial charge in [0.1, 0.15) is 11.9 Å². The van der Waals surface area contributed by atoms with Gasteiger partial charge in [-0.25, -0.2) is 9.37 Å². The second-order valence-electron chi connectivity index (χ2n) is 13.3. The van der Waals surface area contributed by atoms with E-state index in [4.69, 9.17) is 14.2 Å². The number of morpholine rings is 1. The number of unbranched alkanes of at least 4 members (excludes halogenated alkanes) is 5. The lowest BCUT2D eigenvalue weighted by atomic mass is 9.90. The number of amides is 3. The van der Waals surface area contributed by atoms with Crippen molar-refractivity contribution < 1.29 is 37.4 Å². The number of anilines is 1. The molecule has 274 valence electrons. The summed E-state index contributed by atoms with van der Waals surface area (Å²) >= 11 is 1.47. The molecule has 2 aromatic carbocycles. The molecule has 3 saturated heterocycles. The average Bonchev–Trinajstić information content (AvgIpc) is 3.64. The number of carbonyl (C=O) groups is 3. The highest BCUT2D eigenvalue weighted by molar-refractivity contribution is 7.14. The molecule has 4 heterocycles. The Balaban J connectivity index is 0.836. The third kappa shape index (κ3) is 9.82. The normalized spacial score (nSPS) is 18.5. The summed E-state index contributed by atoms with van der Waals surface area (Å²) in [7, 11) is 0. The van der Waals surface area contributed by atoms with E-state index in [0.717, 1.165) is 80.5 Å². The Bertz CT molecular complexity index is 1640. The van der Waals surface area contributed by atoms with Crippen LogP contribution in [0.3, 0.4) is 0 Å². The molecule has 0 saturated carbocycles. The number of ether oxygens (including phenoxy) is 3. The van der Waals surface area contributed by atoms with E-state index in [9.17, 15) is 23.2 Å². The van der Waals surface area contributed by atoms with Crippen LogP contribution in [0.5, 0.6) is 11.5 Å². The molecule has 1 aromatic heterocycles. The molecule has 3 aliphatic heterocycles.